The van der Waals surface area contributed by atoms with E-state index in [-0.39, 0.29) is 19.3 Å². The molecule has 0 saturated carbocycles. The second-order valence-corrected chi connectivity index (χ2v) is 5.60. The summed E-state index contributed by atoms with van der Waals surface area (Å²) in [4.78, 5) is 12.4. The number of rotatable bonds is 4. The van der Waals surface area contributed by atoms with Crippen molar-refractivity contribution in [3.05, 3.63) is 35.9 Å². The van der Waals surface area contributed by atoms with Gasteiger partial charge in [-0.3, -0.25) is 0 Å². The molecule has 1 aliphatic heterocycles. The number of carbonyl (C=O) groups is 1. The van der Waals surface area contributed by atoms with Crippen molar-refractivity contribution < 1.29 is 19.4 Å². The largest absolute Gasteiger partial charge is 0.474 e. The molecule has 1 fully saturated rings. The van der Waals surface area contributed by atoms with Gasteiger partial charge in [0.25, 0.3) is 0 Å². The first-order valence-corrected chi connectivity index (χ1v) is 7.69. The molecule has 8 heteroatoms. The molecule has 0 aliphatic carbocycles. The number of ether oxygens (including phenoxy) is 2. The van der Waals surface area contributed by atoms with Gasteiger partial charge in [0, 0.05) is 6.54 Å². The lowest BCUT2D eigenvalue weighted by Crippen LogP contribution is -2.47. The van der Waals surface area contributed by atoms with Crippen LogP contribution in [0, 0.1) is 6.92 Å². The average molecular weight is 332 g/mol. The molecule has 1 atom stereocenters. The number of hydrogen-bond acceptors (Lipinski definition) is 5. The highest BCUT2D eigenvalue weighted by Gasteiger charge is 2.25. The Kier molecular flexibility index (Phi) is 4.57. The van der Waals surface area contributed by atoms with Crippen LogP contribution >= 0.6 is 0 Å². The van der Waals surface area contributed by atoms with Crippen molar-refractivity contribution in [2.75, 3.05) is 32.0 Å². The molecule has 1 amide bonds. The molecule has 1 aliphatic rings. The van der Waals surface area contributed by atoms with E-state index in [2.05, 4.69) is 5.10 Å². The first-order chi connectivity index (χ1) is 11.6. The van der Waals surface area contributed by atoms with Crippen LogP contribution in [0.15, 0.2) is 30.3 Å². The van der Waals surface area contributed by atoms with Crippen LogP contribution in [0.4, 0.5) is 10.6 Å². The van der Waals surface area contributed by atoms with Gasteiger partial charge >= 0.3 is 6.09 Å². The predicted octanol–water partition coefficient (Wildman–Crippen LogP) is 1.52. The van der Waals surface area contributed by atoms with E-state index in [0.717, 1.165) is 11.3 Å². The third-order valence-corrected chi connectivity index (χ3v) is 3.94. The lowest BCUT2D eigenvalue weighted by atomic mass is 10.3. The second-order valence-electron chi connectivity index (χ2n) is 5.60. The Morgan fingerprint density at radius 3 is 2.92 bits per heavy atom. The highest BCUT2D eigenvalue weighted by molar-refractivity contribution is 5.65. The van der Waals surface area contributed by atoms with Gasteiger partial charge in [-0.15, -0.1) is 5.10 Å². The van der Waals surface area contributed by atoms with Crippen molar-refractivity contribution >= 4 is 11.9 Å². The number of nitrogen functional groups attached to an aromatic ring is 1. The molecule has 0 radical (unpaired) electrons. The van der Waals surface area contributed by atoms with Gasteiger partial charge in [-0.05, 0) is 19.1 Å². The highest BCUT2D eigenvalue weighted by atomic mass is 16.5. The minimum absolute atomic E-state index is 0.218. The Morgan fingerprint density at radius 1 is 1.46 bits per heavy atom. The molecule has 0 bridgehead atoms. The van der Waals surface area contributed by atoms with E-state index in [0.29, 0.717) is 24.8 Å². The van der Waals surface area contributed by atoms with E-state index in [4.69, 9.17) is 20.3 Å². The van der Waals surface area contributed by atoms with Crippen LogP contribution in [0.5, 0.6) is 5.88 Å². The molecule has 1 aromatic carbocycles. The fourth-order valence-electron chi connectivity index (χ4n) is 2.56. The number of para-hydroxylation sites is 1. The van der Waals surface area contributed by atoms with Gasteiger partial charge in [-0.2, -0.15) is 0 Å². The Bertz CT molecular complexity index is 716. The summed E-state index contributed by atoms with van der Waals surface area (Å²) in [7, 11) is 0. The quantitative estimate of drug-likeness (QED) is 0.880. The van der Waals surface area contributed by atoms with Crippen LogP contribution in [0.1, 0.15) is 5.56 Å². The number of carboxylic acid groups (broad SMARTS) is 1. The average Bonchev–Trinajstić information content (AvgIpc) is 2.89. The Hall–Kier alpha value is -2.74. The van der Waals surface area contributed by atoms with Crippen LogP contribution in [-0.4, -0.2) is 58.3 Å². The summed E-state index contributed by atoms with van der Waals surface area (Å²) in [5, 5.41) is 13.5. The summed E-state index contributed by atoms with van der Waals surface area (Å²) in [5.74, 6) is 0.931. The van der Waals surface area contributed by atoms with Crippen molar-refractivity contribution in [2.24, 2.45) is 0 Å². The SMILES string of the molecule is Cc1c(OC[C@H]2CN(C(=O)O)CCO2)nn(-c2ccccc2)c1N. The summed E-state index contributed by atoms with van der Waals surface area (Å²) in [6.45, 7) is 3.07. The van der Waals surface area contributed by atoms with Gasteiger partial charge < -0.3 is 25.2 Å². The van der Waals surface area contributed by atoms with Gasteiger partial charge in [0.2, 0.25) is 5.88 Å². The van der Waals surface area contributed by atoms with Crippen molar-refractivity contribution in [3.8, 4) is 11.6 Å². The second kappa shape index (κ2) is 6.79. The zero-order chi connectivity index (χ0) is 17.1. The number of nitrogens with two attached hydrogens (primary N) is 1. The van der Waals surface area contributed by atoms with Crippen molar-refractivity contribution in [3.63, 3.8) is 0 Å². The molecule has 128 valence electrons. The summed E-state index contributed by atoms with van der Waals surface area (Å²) in [6, 6.07) is 9.54. The van der Waals surface area contributed by atoms with E-state index in [9.17, 15) is 4.79 Å². The van der Waals surface area contributed by atoms with Crippen LogP contribution in [0.2, 0.25) is 0 Å². The van der Waals surface area contributed by atoms with E-state index >= 15 is 0 Å². The molecule has 0 unspecified atom stereocenters. The number of hydrogen-bond donors (Lipinski definition) is 2. The lowest BCUT2D eigenvalue weighted by Gasteiger charge is -2.30. The number of benzene rings is 1. The van der Waals surface area contributed by atoms with Crippen LogP contribution < -0.4 is 10.5 Å². The summed E-state index contributed by atoms with van der Waals surface area (Å²) >= 11 is 0. The molecule has 0 spiro atoms. The molecular weight excluding hydrogens is 312 g/mol. The first-order valence-electron chi connectivity index (χ1n) is 7.69. The summed E-state index contributed by atoms with van der Waals surface area (Å²) in [6.07, 6.45) is -1.27. The standard InChI is InChI=1S/C16H20N4O4/c1-11-14(17)20(12-5-3-2-4-6-12)18-15(11)24-10-13-9-19(16(21)22)7-8-23-13/h2-6,13H,7-10,17H2,1H3,(H,21,22)/t13-/m1/s1. The van der Waals surface area contributed by atoms with Crippen molar-refractivity contribution in [2.45, 2.75) is 13.0 Å². The number of nitrogens with zero attached hydrogens (tertiary/aromatic N) is 3. The molecule has 2 aromatic rings. The minimum atomic E-state index is -0.947. The van der Waals surface area contributed by atoms with Gasteiger partial charge in [0.05, 0.1) is 24.4 Å². The number of morpholine rings is 1. The van der Waals surface area contributed by atoms with Crippen molar-refractivity contribution in [1.29, 1.82) is 0 Å². The fourth-order valence-corrected chi connectivity index (χ4v) is 2.56. The van der Waals surface area contributed by atoms with Crippen LogP contribution in [0.25, 0.3) is 5.69 Å². The molecule has 8 nitrogen and oxygen atoms in total. The minimum Gasteiger partial charge on any atom is -0.474 e. The van der Waals surface area contributed by atoms with Crippen molar-refractivity contribution in [1.82, 2.24) is 14.7 Å². The fraction of sp³-hybridized carbons (Fsp3) is 0.375. The summed E-state index contributed by atoms with van der Waals surface area (Å²) < 4.78 is 12.9. The third kappa shape index (κ3) is 3.28. The monoisotopic (exact) mass is 332 g/mol. The highest BCUT2D eigenvalue weighted by Crippen LogP contribution is 2.25. The van der Waals surface area contributed by atoms with E-state index in [1.165, 1.54) is 4.90 Å². The molecule has 24 heavy (non-hydrogen) atoms. The molecule has 3 N–H and O–H groups in total. The van der Waals surface area contributed by atoms with Gasteiger partial charge in [-0.1, -0.05) is 18.2 Å². The topological polar surface area (TPSA) is 103 Å². The lowest BCUT2D eigenvalue weighted by molar-refractivity contribution is -0.0419. The maximum Gasteiger partial charge on any atom is 0.407 e. The maximum absolute atomic E-state index is 11.0. The predicted molar refractivity (Wildman–Crippen MR) is 87.5 cm³/mol. The molecule has 1 saturated heterocycles. The van der Waals surface area contributed by atoms with Crippen LogP contribution in [0.3, 0.4) is 0 Å². The Balaban J connectivity index is 1.69. The molecular formula is C16H20N4O4. The van der Waals surface area contributed by atoms with E-state index in [1.54, 1.807) is 4.68 Å². The summed E-state index contributed by atoms with van der Waals surface area (Å²) in [5.41, 5.74) is 7.70. The van der Waals surface area contributed by atoms with Gasteiger partial charge in [-0.25, -0.2) is 9.48 Å². The van der Waals surface area contributed by atoms with E-state index < -0.39 is 6.09 Å². The third-order valence-electron chi connectivity index (χ3n) is 3.94. The maximum atomic E-state index is 11.0. The molecule has 2 heterocycles. The molecule has 1 aromatic heterocycles. The number of amides is 1. The smallest absolute Gasteiger partial charge is 0.407 e. The molecule has 3 rings (SSSR count). The number of anilines is 1. The van der Waals surface area contributed by atoms with E-state index in [1.807, 2.05) is 37.3 Å². The zero-order valence-corrected chi connectivity index (χ0v) is 13.4. The Morgan fingerprint density at radius 2 is 2.21 bits per heavy atom. The first kappa shape index (κ1) is 16.1. The Labute approximate surface area is 139 Å². The van der Waals surface area contributed by atoms with Crippen LogP contribution in [-0.2, 0) is 4.74 Å². The van der Waals surface area contributed by atoms with Gasteiger partial charge in [0.15, 0.2) is 0 Å². The zero-order valence-electron chi connectivity index (χ0n) is 13.4. The number of aromatic nitrogens is 2. The van der Waals surface area contributed by atoms with Gasteiger partial charge in [0.1, 0.15) is 18.5 Å². The normalized spacial score (nSPS) is 17.7.